The molecule has 0 radical (unpaired) electrons. The molecule has 6 heteroatoms. The first-order valence-electron chi connectivity index (χ1n) is 7.88. The van der Waals surface area contributed by atoms with E-state index >= 15 is 0 Å². The zero-order chi connectivity index (χ0) is 18.2. The van der Waals surface area contributed by atoms with Gasteiger partial charge in [0.05, 0.1) is 19.3 Å². The van der Waals surface area contributed by atoms with Crippen LogP contribution < -0.4 is 9.47 Å². The zero-order valence-corrected chi connectivity index (χ0v) is 14.8. The van der Waals surface area contributed by atoms with Crippen LogP contribution >= 0.6 is 11.6 Å². The molecule has 25 heavy (non-hydrogen) atoms. The first kappa shape index (κ1) is 18.8. The average Bonchev–Trinajstić information content (AvgIpc) is 2.63. The number of ether oxygens (including phenoxy) is 3. The Morgan fingerprint density at radius 2 is 1.76 bits per heavy atom. The molecule has 2 aromatic carbocycles. The van der Waals surface area contributed by atoms with Gasteiger partial charge in [-0.3, -0.25) is 0 Å². The molecule has 0 spiro atoms. The number of halogens is 1. The largest absolute Gasteiger partial charge is 0.494 e. The van der Waals surface area contributed by atoms with Gasteiger partial charge < -0.3 is 14.2 Å². The van der Waals surface area contributed by atoms with Crippen molar-refractivity contribution in [3.8, 4) is 11.5 Å². The van der Waals surface area contributed by atoms with Crippen LogP contribution in [0.25, 0.3) is 0 Å². The maximum absolute atomic E-state index is 12.3. The second-order valence-corrected chi connectivity index (χ2v) is 5.68. The number of hydrogen-bond acceptors (Lipinski definition) is 5. The van der Waals surface area contributed by atoms with E-state index in [2.05, 4.69) is 11.7 Å². The summed E-state index contributed by atoms with van der Waals surface area (Å²) in [5, 5.41) is 0.341. The van der Waals surface area contributed by atoms with E-state index in [1.807, 2.05) is 0 Å². The average molecular weight is 363 g/mol. The van der Waals surface area contributed by atoms with Crippen molar-refractivity contribution in [2.24, 2.45) is 0 Å². The van der Waals surface area contributed by atoms with Gasteiger partial charge in [-0.1, -0.05) is 24.9 Å². The number of esters is 2. The van der Waals surface area contributed by atoms with Crippen LogP contribution in [0.4, 0.5) is 0 Å². The molecule has 0 aliphatic carbocycles. The van der Waals surface area contributed by atoms with Gasteiger partial charge in [-0.05, 0) is 48.9 Å². The minimum absolute atomic E-state index is 0.0860. The lowest BCUT2D eigenvalue weighted by Gasteiger charge is -2.10. The molecule has 5 nitrogen and oxygen atoms in total. The molecular formula is C19H19ClO5. The van der Waals surface area contributed by atoms with Crippen molar-refractivity contribution >= 4 is 23.5 Å². The normalized spacial score (nSPS) is 10.2. The van der Waals surface area contributed by atoms with Crippen molar-refractivity contribution in [2.75, 3.05) is 13.7 Å². The fourth-order valence-corrected chi connectivity index (χ4v) is 2.21. The number of carbonyl (C=O) groups excluding carboxylic acids is 2. The van der Waals surface area contributed by atoms with Gasteiger partial charge in [-0.25, -0.2) is 9.59 Å². The van der Waals surface area contributed by atoms with E-state index in [9.17, 15) is 9.59 Å². The molecular weight excluding hydrogens is 344 g/mol. The Kier molecular flexibility index (Phi) is 6.83. The Labute approximate surface area is 151 Å². The molecule has 132 valence electrons. The van der Waals surface area contributed by atoms with E-state index in [4.69, 9.17) is 21.1 Å². The number of rotatable bonds is 7. The lowest BCUT2D eigenvalue weighted by molar-refractivity contribution is 0.0593. The van der Waals surface area contributed by atoms with Crippen LogP contribution in [0, 0.1) is 0 Å². The van der Waals surface area contributed by atoms with Gasteiger partial charge in [0.1, 0.15) is 17.1 Å². The van der Waals surface area contributed by atoms with Crippen molar-refractivity contribution in [2.45, 2.75) is 19.8 Å². The van der Waals surface area contributed by atoms with Crippen molar-refractivity contribution in [1.29, 1.82) is 0 Å². The first-order valence-corrected chi connectivity index (χ1v) is 8.26. The second kappa shape index (κ2) is 9.08. The monoisotopic (exact) mass is 362 g/mol. The van der Waals surface area contributed by atoms with Gasteiger partial charge >= 0.3 is 11.9 Å². The van der Waals surface area contributed by atoms with E-state index in [0.29, 0.717) is 22.9 Å². The zero-order valence-electron chi connectivity index (χ0n) is 14.1. The van der Waals surface area contributed by atoms with Crippen molar-refractivity contribution in [3.63, 3.8) is 0 Å². The maximum Gasteiger partial charge on any atom is 0.343 e. The highest BCUT2D eigenvalue weighted by Gasteiger charge is 2.17. The molecule has 0 unspecified atom stereocenters. The summed E-state index contributed by atoms with van der Waals surface area (Å²) in [7, 11) is 1.24. The Morgan fingerprint density at radius 3 is 2.40 bits per heavy atom. The Hall–Kier alpha value is -2.53. The van der Waals surface area contributed by atoms with E-state index in [-0.39, 0.29) is 11.3 Å². The minimum atomic E-state index is -0.634. The SMILES string of the molecule is CCCCOc1ccc(C(=O)Oc2ccc(Cl)cc2C(=O)OC)cc1. The standard InChI is InChI=1S/C19H19ClO5/c1-3-4-11-24-15-8-5-13(6-9-15)18(21)25-17-10-7-14(20)12-16(17)19(22)23-2/h5-10,12H,3-4,11H2,1-2H3. The number of unbranched alkanes of at least 4 members (excludes halogenated alkanes) is 1. The third kappa shape index (κ3) is 5.22. The molecule has 0 aliphatic rings. The van der Waals surface area contributed by atoms with Crippen LogP contribution in [0.3, 0.4) is 0 Å². The summed E-state index contributed by atoms with van der Waals surface area (Å²) < 4.78 is 15.5. The fourth-order valence-electron chi connectivity index (χ4n) is 2.04. The first-order chi connectivity index (χ1) is 12.0. The number of benzene rings is 2. The van der Waals surface area contributed by atoms with Crippen LogP contribution in [0.5, 0.6) is 11.5 Å². The van der Waals surface area contributed by atoms with Gasteiger partial charge in [0, 0.05) is 5.02 Å². The third-order valence-electron chi connectivity index (χ3n) is 3.41. The highest BCUT2D eigenvalue weighted by atomic mass is 35.5. The lowest BCUT2D eigenvalue weighted by Crippen LogP contribution is -2.12. The molecule has 0 aliphatic heterocycles. The molecule has 0 saturated carbocycles. The molecule has 0 heterocycles. The van der Waals surface area contributed by atoms with Gasteiger partial charge in [0.25, 0.3) is 0 Å². The van der Waals surface area contributed by atoms with Gasteiger partial charge in [0.15, 0.2) is 0 Å². The molecule has 2 rings (SSSR count). The van der Waals surface area contributed by atoms with Gasteiger partial charge in [0.2, 0.25) is 0 Å². The number of carbonyl (C=O) groups is 2. The summed E-state index contributed by atoms with van der Waals surface area (Å²) in [6.45, 7) is 2.72. The van der Waals surface area contributed by atoms with Crippen molar-refractivity contribution in [1.82, 2.24) is 0 Å². The minimum Gasteiger partial charge on any atom is -0.494 e. The predicted octanol–water partition coefficient (Wildman–Crippen LogP) is 4.52. The number of hydrogen-bond donors (Lipinski definition) is 0. The molecule has 0 bridgehead atoms. The van der Waals surface area contributed by atoms with Crippen molar-refractivity contribution < 1.29 is 23.8 Å². The van der Waals surface area contributed by atoms with E-state index < -0.39 is 11.9 Å². The van der Waals surface area contributed by atoms with E-state index in [0.717, 1.165) is 12.8 Å². The Balaban J connectivity index is 2.10. The molecule has 0 aromatic heterocycles. The summed E-state index contributed by atoms with van der Waals surface area (Å²) in [5.41, 5.74) is 0.427. The van der Waals surface area contributed by atoms with Crippen LogP contribution in [-0.4, -0.2) is 25.7 Å². The molecule has 0 N–H and O–H groups in total. The molecule has 0 fully saturated rings. The quantitative estimate of drug-likeness (QED) is 0.411. The number of methoxy groups -OCH3 is 1. The van der Waals surface area contributed by atoms with E-state index in [1.165, 1.54) is 25.3 Å². The van der Waals surface area contributed by atoms with Gasteiger partial charge in [-0.2, -0.15) is 0 Å². The molecule has 0 atom stereocenters. The smallest absolute Gasteiger partial charge is 0.343 e. The Morgan fingerprint density at radius 1 is 1.04 bits per heavy atom. The van der Waals surface area contributed by atoms with Crippen LogP contribution in [0.15, 0.2) is 42.5 Å². The summed E-state index contributed by atoms with van der Waals surface area (Å²) in [5.74, 6) is -0.450. The lowest BCUT2D eigenvalue weighted by atomic mass is 10.2. The van der Waals surface area contributed by atoms with Crippen LogP contribution in [0.2, 0.25) is 5.02 Å². The van der Waals surface area contributed by atoms with Crippen molar-refractivity contribution in [3.05, 3.63) is 58.6 Å². The Bertz CT molecular complexity index is 740. The summed E-state index contributed by atoms with van der Waals surface area (Å²) in [6.07, 6.45) is 2.02. The highest BCUT2D eigenvalue weighted by molar-refractivity contribution is 6.31. The molecule has 2 aromatic rings. The maximum atomic E-state index is 12.3. The van der Waals surface area contributed by atoms with E-state index in [1.54, 1.807) is 24.3 Å². The second-order valence-electron chi connectivity index (χ2n) is 5.25. The molecule has 0 saturated heterocycles. The summed E-state index contributed by atoms with van der Waals surface area (Å²) in [6, 6.07) is 11.0. The predicted molar refractivity (Wildman–Crippen MR) is 94.6 cm³/mol. The summed E-state index contributed by atoms with van der Waals surface area (Å²) >= 11 is 5.88. The van der Waals surface area contributed by atoms with Crippen LogP contribution in [0.1, 0.15) is 40.5 Å². The van der Waals surface area contributed by atoms with Crippen LogP contribution in [-0.2, 0) is 4.74 Å². The summed E-state index contributed by atoms with van der Waals surface area (Å²) in [4.78, 5) is 24.1. The third-order valence-corrected chi connectivity index (χ3v) is 3.64. The van der Waals surface area contributed by atoms with Gasteiger partial charge in [-0.15, -0.1) is 0 Å². The molecule has 0 amide bonds. The topological polar surface area (TPSA) is 61.8 Å². The highest BCUT2D eigenvalue weighted by Crippen LogP contribution is 2.25. The fraction of sp³-hybridized carbons (Fsp3) is 0.263.